The molecule has 2 aromatic rings. The monoisotopic (exact) mass is 272 g/mol. The smallest absolute Gasteiger partial charge is 0.193 e. The molecule has 0 bridgehead atoms. The maximum atomic E-state index is 12.3. The van der Waals surface area contributed by atoms with Crippen molar-refractivity contribution in [1.82, 2.24) is 0 Å². The van der Waals surface area contributed by atoms with Gasteiger partial charge in [0, 0.05) is 11.1 Å². The van der Waals surface area contributed by atoms with Crippen LogP contribution in [0.5, 0.6) is 0 Å². The minimum atomic E-state index is 0. The molecule has 0 heterocycles. The number of hydrogen-bond acceptors (Lipinski definition) is 3. The van der Waals surface area contributed by atoms with Crippen molar-refractivity contribution in [3.05, 3.63) is 83.9 Å². The minimum Gasteiger partial charge on any atom is -0.412 e. The first-order chi connectivity index (χ1) is 9.33. The zero-order chi connectivity index (χ0) is 14.1. The van der Waals surface area contributed by atoms with E-state index >= 15 is 0 Å². The Kier molecular flexibility index (Phi) is 8.54. The number of allylic oxidation sites excluding steroid dienone is 1. The van der Waals surface area contributed by atoms with Crippen LogP contribution in [0, 0.1) is 0 Å². The largest absolute Gasteiger partial charge is 0.412 e. The van der Waals surface area contributed by atoms with Crippen molar-refractivity contribution in [2.75, 3.05) is 0 Å². The Morgan fingerprint density at radius 2 is 1.55 bits per heavy atom. The molecule has 0 aromatic heterocycles. The van der Waals surface area contributed by atoms with Crippen molar-refractivity contribution in [1.29, 1.82) is 0 Å². The molecule has 0 saturated heterocycles. The number of carbonyl (C=O) groups excluding carboxylic acids is 1. The quantitative estimate of drug-likeness (QED) is 0.383. The second-order valence-corrected chi connectivity index (χ2v) is 3.85. The summed E-state index contributed by atoms with van der Waals surface area (Å²) in [6, 6.07) is 17.0. The zero-order valence-electron chi connectivity index (χ0n) is 11.3. The number of nitrogens with two attached hydrogens (primary N) is 2. The van der Waals surface area contributed by atoms with Crippen LogP contribution >= 0.6 is 0 Å². The van der Waals surface area contributed by atoms with Gasteiger partial charge in [-0.25, -0.2) is 0 Å². The van der Waals surface area contributed by atoms with Crippen LogP contribution in [-0.4, -0.2) is 11.3 Å². The Labute approximate surface area is 119 Å². The van der Waals surface area contributed by atoms with Gasteiger partial charge in [-0.05, 0) is 12.0 Å². The molecule has 2 aromatic carbocycles. The summed E-state index contributed by atoms with van der Waals surface area (Å²) in [5.41, 5.74) is 2.51. The van der Waals surface area contributed by atoms with E-state index in [1.165, 1.54) is 0 Å². The van der Waals surface area contributed by atoms with E-state index in [4.69, 9.17) is 0 Å². The Balaban J connectivity index is 0.00000115. The third-order valence-corrected chi connectivity index (χ3v) is 2.66. The highest BCUT2D eigenvalue weighted by atomic mass is 16.1. The lowest BCUT2D eigenvalue weighted by molar-refractivity contribution is 0.103. The van der Waals surface area contributed by atoms with Gasteiger partial charge in [-0.3, -0.25) is 16.5 Å². The number of hydrogen-bond donors (Lipinski definition) is 2. The molecule has 0 saturated carbocycles. The fraction of sp³-hybridized carbons (Fsp3) is 0.0625. The lowest BCUT2D eigenvalue weighted by atomic mass is 9.97. The van der Waals surface area contributed by atoms with Gasteiger partial charge in [-0.1, -0.05) is 60.7 Å². The van der Waals surface area contributed by atoms with Gasteiger partial charge in [0.2, 0.25) is 0 Å². The maximum Gasteiger partial charge on any atom is 0.193 e. The van der Waals surface area contributed by atoms with E-state index in [9.17, 15) is 4.79 Å². The van der Waals surface area contributed by atoms with Gasteiger partial charge in [0.15, 0.2) is 5.78 Å². The predicted octanol–water partition coefficient (Wildman–Crippen LogP) is 1.64. The summed E-state index contributed by atoms with van der Waals surface area (Å²) in [6.45, 7) is 3.72. The van der Waals surface area contributed by atoms with Gasteiger partial charge < -0.3 is 5.48 Å². The molecule has 0 amide bonds. The average molecular weight is 272 g/mol. The van der Waals surface area contributed by atoms with Crippen LogP contribution in [0.2, 0.25) is 0 Å². The third-order valence-electron chi connectivity index (χ3n) is 2.66. The molecule has 0 radical (unpaired) electrons. The van der Waals surface area contributed by atoms with Crippen LogP contribution in [0.25, 0.3) is 0 Å². The number of benzene rings is 2. The van der Waals surface area contributed by atoms with E-state index in [-0.39, 0.29) is 11.3 Å². The SMILES string of the molecule is C=CCc1ccccc1C(=O)c1ccccc1.NN.O. The van der Waals surface area contributed by atoms with Crippen molar-refractivity contribution >= 4 is 5.78 Å². The van der Waals surface area contributed by atoms with Crippen LogP contribution in [0.1, 0.15) is 21.5 Å². The van der Waals surface area contributed by atoms with E-state index in [2.05, 4.69) is 18.3 Å². The molecule has 0 atom stereocenters. The van der Waals surface area contributed by atoms with Crippen LogP contribution < -0.4 is 11.7 Å². The molecule has 0 aliphatic heterocycles. The predicted molar refractivity (Wildman–Crippen MR) is 82.2 cm³/mol. The average Bonchev–Trinajstić information content (AvgIpc) is 2.50. The van der Waals surface area contributed by atoms with Gasteiger partial charge >= 0.3 is 0 Å². The lowest BCUT2D eigenvalue weighted by Crippen LogP contribution is -2.04. The summed E-state index contributed by atoms with van der Waals surface area (Å²) >= 11 is 0. The standard InChI is InChI=1S/C16H14O.H4N2.H2O/c1-2-8-13-9-6-7-12-15(13)16(17)14-10-4-3-5-11-14;1-2;/h2-7,9-12H,1,8H2;1-2H2;1H2. The zero-order valence-corrected chi connectivity index (χ0v) is 11.3. The summed E-state index contributed by atoms with van der Waals surface area (Å²) in [5, 5.41) is 0. The molecule has 0 aliphatic carbocycles. The Morgan fingerprint density at radius 1 is 1.00 bits per heavy atom. The van der Waals surface area contributed by atoms with E-state index in [0.717, 1.165) is 23.1 Å². The first-order valence-corrected chi connectivity index (χ1v) is 5.95. The topological polar surface area (TPSA) is 101 Å². The van der Waals surface area contributed by atoms with E-state index in [0.29, 0.717) is 0 Å². The summed E-state index contributed by atoms with van der Waals surface area (Å²) < 4.78 is 0. The normalized spacial score (nSPS) is 8.70. The first-order valence-electron chi connectivity index (χ1n) is 5.95. The molecule has 0 fully saturated rings. The van der Waals surface area contributed by atoms with Crippen LogP contribution in [-0.2, 0) is 6.42 Å². The van der Waals surface area contributed by atoms with E-state index in [1.807, 2.05) is 60.7 Å². The number of rotatable bonds is 4. The Hall–Kier alpha value is -2.27. The highest BCUT2D eigenvalue weighted by molar-refractivity contribution is 6.09. The summed E-state index contributed by atoms with van der Waals surface area (Å²) in [5.74, 6) is 8.07. The van der Waals surface area contributed by atoms with E-state index < -0.39 is 0 Å². The number of carbonyl (C=O) groups is 1. The van der Waals surface area contributed by atoms with Gasteiger partial charge in [0.25, 0.3) is 0 Å². The molecule has 0 unspecified atom stereocenters. The van der Waals surface area contributed by atoms with Crippen molar-refractivity contribution in [3.63, 3.8) is 0 Å². The molecule has 6 N–H and O–H groups in total. The molecular weight excluding hydrogens is 252 g/mol. The molecular formula is C16H20N2O2. The molecule has 0 aliphatic rings. The summed E-state index contributed by atoms with van der Waals surface area (Å²) in [6.07, 6.45) is 2.53. The van der Waals surface area contributed by atoms with Crippen molar-refractivity contribution in [2.24, 2.45) is 11.7 Å². The van der Waals surface area contributed by atoms with Gasteiger partial charge in [0.1, 0.15) is 0 Å². The molecule has 4 heteroatoms. The van der Waals surface area contributed by atoms with Gasteiger partial charge in [0.05, 0.1) is 0 Å². The highest BCUT2D eigenvalue weighted by Crippen LogP contribution is 2.15. The van der Waals surface area contributed by atoms with Crippen LogP contribution in [0.3, 0.4) is 0 Å². The fourth-order valence-corrected chi connectivity index (χ4v) is 1.82. The molecule has 2 rings (SSSR count). The molecule has 0 spiro atoms. The second-order valence-electron chi connectivity index (χ2n) is 3.85. The minimum absolute atomic E-state index is 0. The van der Waals surface area contributed by atoms with Crippen LogP contribution in [0.4, 0.5) is 0 Å². The van der Waals surface area contributed by atoms with Crippen molar-refractivity contribution in [2.45, 2.75) is 6.42 Å². The van der Waals surface area contributed by atoms with Gasteiger partial charge in [-0.15, -0.1) is 6.58 Å². The summed E-state index contributed by atoms with van der Waals surface area (Å²) in [4.78, 5) is 12.3. The third kappa shape index (κ3) is 4.44. The molecule has 4 nitrogen and oxygen atoms in total. The second kappa shape index (κ2) is 9.63. The van der Waals surface area contributed by atoms with Crippen LogP contribution in [0.15, 0.2) is 67.3 Å². The number of hydrazine groups is 1. The maximum absolute atomic E-state index is 12.3. The highest BCUT2D eigenvalue weighted by Gasteiger charge is 2.11. The van der Waals surface area contributed by atoms with Crippen molar-refractivity contribution in [3.8, 4) is 0 Å². The molecule has 106 valence electrons. The Morgan fingerprint density at radius 3 is 2.15 bits per heavy atom. The number of ketones is 1. The Bertz CT molecular complexity index is 539. The van der Waals surface area contributed by atoms with Gasteiger partial charge in [-0.2, -0.15) is 0 Å². The fourth-order valence-electron chi connectivity index (χ4n) is 1.82. The lowest BCUT2D eigenvalue weighted by Gasteiger charge is -2.06. The van der Waals surface area contributed by atoms with E-state index in [1.54, 1.807) is 0 Å². The van der Waals surface area contributed by atoms with Crippen molar-refractivity contribution < 1.29 is 10.3 Å². The first kappa shape index (κ1) is 17.7. The molecule has 20 heavy (non-hydrogen) atoms. The summed E-state index contributed by atoms with van der Waals surface area (Å²) in [7, 11) is 0.